The molecule has 0 aromatic heterocycles. The van der Waals surface area contributed by atoms with Crippen molar-refractivity contribution in [3.8, 4) is 0 Å². The van der Waals surface area contributed by atoms with Gasteiger partial charge in [0.15, 0.2) is 0 Å². The second-order valence-corrected chi connectivity index (χ2v) is 4.52. The maximum Gasteiger partial charge on any atom is 0.262 e. The monoisotopic (exact) mass is 254 g/mol. The van der Waals surface area contributed by atoms with Gasteiger partial charge in [-0.25, -0.2) is 8.78 Å². The molecule has 3 nitrogen and oxygen atoms in total. The molecule has 6 heteroatoms. The predicted octanol–water partition coefficient (Wildman–Crippen LogP) is 1.32. The normalized spacial score (nSPS) is 27.2. The van der Waals surface area contributed by atoms with E-state index in [4.69, 9.17) is 0 Å². The van der Waals surface area contributed by atoms with E-state index >= 15 is 0 Å². The lowest BCUT2D eigenvalue weighted by Crippen LogP contribution is -2.40. The third kappa shape index (κ3) is 3.87. The highest BCUT2D eigenvalue weighted by Gasteiger charge is 2.42. The molecule has 2 fully saturated rings. The lowest BCUT2D eigenvalue weighted by atomic mass is 10.2. The van der Waals surface area contributed by atoms with Gasteiger partial charge in [-0.3, -0.25) is 10.1 Å². The summed E-state index contributed by atoms with van der Waals surface area (Å²) in [6.45, 7) is 0.237. The average molecular weight is 255 g/mol. The molecule has 0 spiro atoms. The van der Waals surface area contributed by atoms with E-state index in [0.29, 0.717) is 6.54 Å². The number of amides is 1. The Hall–Kier alpha value is -0.420. The summed E-state index contributed by atoms with van der Waals surface area (Å²) in [5.41, 5.74) is 0. The molecule has 1 atom stereocenters. The van der Waals surface area contributed by atoms with Gasteiger partial charge in [-0.2, -0.15) is 0 Å². The summed E-state index contributed by atoms with van der Waals surface area (Å²) >= 11 is 0. The zero-order valence-corrected chi connectivity index (χ0v) is 9.79. The summed E-state index contributed by atoms with van der Waals surface area (Å²) in [4.78, 5) is 11.4. The molecule has 1 saturated carbocycles. The minimum absolute atomic E-state index is 0. The number of carbonyl (C=O) groups excluding carboxylic acids is 1. The van der Waals surface area contributed by atoms with E-state index in [9.17, 15) is 13.6 Å². The lowest BCUT2D eigenvalue weighted by Gasteiger charge is -2.10. The zero-order chi connectivity index (χ0) is 10.9. The Kier molecular flexibility index (Phi) is 4.50. The first-order valence-electron chi connectivity index (χ1n) is 5.46. The minimum Gasteiger partial charge on any atom is -0.355 e. The van der Waals surface area contributed by atoms with Gasteiger partial charge >= 0.3 is 0 Å². The van der Waals surface area contributed by atoms with E-state index in [2.05, 4.69) is 10.6 Å². The topological polar surface area (TPSA) is 41.1 Å². The fraction of sp³-hybridized carbons (Fsp3) is 0.900. The summed E-state index contributed by atoms with van der Waals surface area (Å²) in [5.74, 6) is -2.26. The van der Waals surface area contributed by atoms with Gasteiger partial charge in [0, 0.05) is 13.0 Å². The largest absolute Gasteiger partial charge is 0.355 e. The highest BCUT2D eigenvalue weighted by molar-refractivity contribution is 5.85. The van der Waals surface area contributed by atoms with Crippen LogP contribution < -0.4 is 10.6 Å². The number of nitrogens with one attached hydrogen (secondary N) is 2. The van der Waals surface area contributed by atoms with Gasteiger partial charge in [0.1, 0.15) is 0 Å². The molecule has 0 aromatic rings. The molecule has 0 bridgehead atoms. The third-order valence-electron chi connectivity index (χ3n) is 2.98. The molecule has 1 aliphatic heterocycles. The van der Waals surface area contributed by atoms with Crippen molar-refractivity contribution in [3.05, 3.63) is 0 Å². The second kappa shape index (κ2) is 5.27. The van der Waals surface area contributed by atoms with Crippen LogP contribution in [0.4, 0.5) is 8.78 Å². The second-order valence-electron chi connectivity index (χ2n) is 4.52. The van der Waals surface area contributed by atoms with Crippen LogP contribution >= 0.6 is 12.4 Å². The van der Waals surface area contributed by atoms with Crippen LogP contribution in [0.15, 0.2) is 0 Å². The molecule has 2 N–H and O–H groups in total. The van der Waals surface area contributed by atoms with Crippen molar-refractivity contribution < 1.29 is 13.6 Å². The molecular weight excluding hydrogens is 238 g/mol. The molecule has 1 heterocycles. The van der Waals surface area contributed by atoms with Crippen molar-refractivity contribution in [2.75, 3.05) is 13.1 Å². The van der Waals surface area contributed by atoms with E-state index < -0.39 is 12.0 Å². The van der Waals surface area contributed by atoms with E-state index in [0.717, 1.165) is 12.3 Å². The first-order valence-corrected chi connectivity index (χ1v) is 5.46. The molecule has 94 valence electrons. The Labute approximate surface area is 99.8 Å². The molecule has 1 saturated heterocycles. The summed E-state index contributed by atoms with van der Waals surface area (Å²) in [7, 11) is 0. The zero-order valence-electron chi connectivity index (χ0n) is 8.97. The number of carbonyl (C=O) groups is 1. The number of rotatable bonds is 4. The third-order valence-corrected chi connectivity index (χ3v) is 2.98. The molecule has 16 heavy (non-hydrogen) atoms. The van der Waals surface area contributed by atoms with Crippen molar-refractivity contribution in [1.29, 1.82) is 0 Å². The van der Waals surface area contributed by atoms with E-state index in [1.54, 1.807) is 0 Å². The molecule has 1 amide bonds. The van der Waals surface area contributed by atoms with Crippen LogP contribution in [0.5, 0.6) is 0 Å². The Morgan fingerprint density at radius 1 is 1.44 bits per heavy atom. The molecule has 2 aliphatic rings. The van der Waals surface area contributed by atoms with Gasteiger partial charge in [-0.1, -0.05) is 12.8 Å². The molecule has 2 rings (SSSR count). The van der Waals surface area contributed by atoms with Crippen molar-refractivity contribution in [2.45, 2.75) is 37.6 Å². The number of hydrogen-bond donors (Lipinski definition) is 2. The molecule has 0 radical (unpaired) electrons. The fourth-order valence-corrected chi connectivity index (χ4v) is 1.83. The Morgan fingerprint density at radius 3 is 2.62 bits per heavy atom. The summed E-state index contributed by atoms with van der Waals surface area (Å²) < 4.78 is 25.5. The molecule has 0 aromatic carbocycles. The molecule has 1 aliphatic carbocycles. The van der Waals surface area contributed by atoms with Gasteiger partial charge in [0.2, 0.25) is 5.91 Å². The van der Waals surface area contributed by atoms with E-state index in [-0.39, 0.29) is 31.3 Å². The summed E-state index contributed by atoms with van der Waals surface area (Å²) in [6.07, 6.45) is 3.10. The van der Waals surface area contributed by atoms with Crippen molar-refractivity contribution in [1.82, 2.24) is 10.6 Å². The van der Waals surface area contributed by atoms with Crippen LogP contribution in [0.25, 0.3) is 0 Å². The van der Waals surface area contributed by atoms with Crippen molar-refractivity contribution in [2.24, 2.45) is 5.92 Å². The smallest absolute Gasteiger partial charge is 0.262 e. The predicted molar refractivity (Wildman–Crippen MR) is 59.0 cm³/mol. The van der Waals surface area contributed by atoms with Gasteiger partial charge in [-0.05, 0) is 12.3 Å². The average Bonchev–Trinajstić information content (AvgIpc) is 2.90. The SMILES string of the molecule is Cl.O=C(NCCC1CC1)C1CC(F)(F)CN1. The first kappa shape index (κ1) is 13.6. The number of halogens is 3. The highest BCUT2D eigenvalue weighted by Crippen LogP contribution is 2.31. The van der Waals surface area contributed by atoms with Crippen LogP contribution in [0, 0.1) is 5.92 Å². The van der Waals surface area contributed by atoms with Gasteiger partial charge in [0.25, 0.3) is 5.92 Å². The van der Waals surface area contributed by atoms with E-state index in [1.165, 1.54) is 12.8 Å². The number of hydrogen-bond acceptors (Lipinski definition) is 2. The first-order chi connectivity index (χ1) is 7.07. The quantitative estimate of drug-likeness (QED) is 0.795. The molecular formula is C10H17ClF2N2O. The fourth-order valence-electron chi connectivity index (χ4n) is 1.83. The molecule has 1 unspecified atom stereocenters. The van der Waals surface area contributed by atoms with Crippen LogP contribution in [0.3, 0.4) is 0 Å². The van der Waals surface area contributed by atoms with Crippen LogP contribution in [0.1, 0.15) is 25.7 Å². The maximum atomic E-state index is 12.8. The van der Waals surface area contributed by atoms with Crippen molar-refractivity contribution in [3.63, 3.8) is 0 Å². The summed E-state index contributed by atoms with van der Waals surface area (Å²) in [6, 6.07) is -0.709. The van der Waals surface area contributed by atoms with Gasteiger partial charge < -0.3 is 5.32 Å². The van der Waals surface area contributed by atoms with Crippen molar-refractivity contribution >= 4 is 18.3 Å². The minimum atomic E-state index is -2.72. The Balaban J connectivity index is 0.00000128. The highest BCUT2D eigenvalue weighted by atomic mass is 35.5. The lowest BCUT2D eigenvalue weighted by molar-refractivity contribution is -0.123. The maximum absolute atomic E-state index is 12.8. The van der Waals surface area contributed by atoms with Gasteiger partial charge in [0.05, 0.1) is 12.6 Å². The van der Waals surface area contributed by atoms with Crippen LogP contribution in [-0.2, 0) is 4.79 Å². The Bertz CT molecular complexity index is 259. The van der Waals surface area contributed by atoms with Gasteiger partial charge in [-0.15, -0.1) is 12.4 Å². The number of alkyl halides is 2. The van der Waals surface area contributed by atoms with Crippen LogP contribution in [-0.4, -0.2) is 31.0 Å². The standard InChI is InChI=1S/C10H16F2N2O.ClH/c11-10(12)5-8(14-6-10)9(15)13-4-3-7-1-2-7;/h7-8,14H,1-6H2,(H,13,15);1H. The van der Waals surface area contributed by atoms with E-state index in [1.807, 2.05) is 0 Å². The van der Waals surface area contributed by atoms with Crippen LogP contribution in [0.2, 0.25) is 0 Å². The Morgan fingerprint density at radius 2 is 2.12 bits per heavy atom. The summed E-state index contributed by atoms with van der Waals surface area (Å²) in [5, 5.41) is 5.24.